The number of aliphatic imine (C=N–C) groups is 1. The molecular weight excluding hydrogens is 445 g/mol. The molecular formula is C31H33N3P+. The van der Waals surface area contributed by atoms with Gasteiger partial charge in [-0.25, -0.2) is 0 Å². The Morgan fingerprint density at radius 2 is 0.886 bits per heavy atom. The molecule has 0 aromatic heterocycles. The molecule has 4 rings (SSSR count). The Balaban J connectivity index is 2.18. The molecule has 0 aliphatic rings. The van der Waals surface area contributed by atoms with E-state index in [2.05, 4.69) is 135 Å². The van der Waals surface area contributed by atoms with Crippen LogP contribution in [0.5, 0.6) is 0 Å². The fourth-order valence-electron chi connectivity index (χ4n) is 4.62. The summed E-state index contributed by atoms with van der Waals surface area (Å²) in [4.78, 5) is 9.43. The molecule has 0 unspecified atom stereocenters. The van der Waals surface area contributed by atoms with E-state index in [1.54, 1.807) is 0 Å². The second-order valence-electron chi connectivity index (χ2n) is 8.77. The first-order chi connectivity index (χ1) is 17.0. The highest BCUT2D eigenvalue weighted by atomic mass is 31.2. The highest BCUT2D eigenvalue weighted by molar-refractivity contribution is 7.99. The van der Waals surface area contributed by atoms with Crippen LogP contribution in [0.1, 0.15) is 0 Å². The minimum Gasteiger partial charge on any atom is -0.361 e. The van der Waals surface area contributed by atoms with Gasteiger partial charge in [-0.15, -0.1) is 0 Å². The van der Waals surface area contributed by atoms with Gasteiger partial charge in [-0.05, 0) is 48.5 Å². The van der Waals surface area contributed by atoms with E-state index in [1.165, 1.54) is 21.2 Å². The van der Waals surface area contributed by atoms with Crippen LogP contribution in [0.15, 0.2) is 137 Å². The highest BCUT2D eigenvalue weighted by Gasteiger charge is 2.51. The van der Waals surface area contributed by atoms with Crippen molar-refractivity contribution < 1.29 is 0 Å². The third-order valence-corrected chi connectivity index (χ3v) is 10.2. The summed E-state index contributed by atoms with van der Waals surface area (Å²) >= 11 is 0. The van der Waals surface area contributed by atoms with Gasteiger partial charge < -0.3 is 9.80 Å². The summed E-state index contributed by atoms with van der Waals surface area (Å²) in [7, 11) is 6.13. The van der Waals surface area contributed by atoms with Gasteiger partial charge in [-0.1, -0.05) is 72.8 Å². The van der Waals surface area contributed by atoms with Crippen molar-refractivity contribution in [2.75, 3.05) is 28.2 Å². The molecule has 0 heterocycles. The van der Waals surface area contributed by atoms with Crippen LogP contribution in [-0.4, -0.2) is 44.2 Å². The van der Waals surface area contributed by atoms with E-state index in [-0.39, 0.29) is 0 Å². The summed E-state index contributed by atoms with van der Waals surface area (Å²) in [5.41, 5.74) is 0.939. The third kappa shape index (κ3) is 5.06. The number of hydrogen-bond donors (Lipinski definition) is 0. The van der Waals surface area contributed by atoms with E-state index in [1.807, 2.05) is 30.3 Å². The summed E-state index contributed by atoms with van der Waals surface area (Å²) in [6, 6.07) is 43.0. The van der Waals surface area contributed by atoms with Crippen molar-refractivity contribution in [3.8, 4) is 0 Å². The Morgan fingerprint density at radius 1 is 0.543 bits per heavy atom. The average molecular weight is 479 g/mol. The van der Waals surface area contributed by atoms with Crippen molar-refractivity contribution in [1.82, 2.24) is 9.80 Å². The molecule has 4 aromatic carbocycles. The van der Waals surface area contributed by atoms with Crippen molar-refractivity contribution in [2.45, 2.75) is 0 Å². The molecule has 0 aliphatic carbocycles. The molecule has 0 fully saturated rings. The van der Waals surface area contributed by atoms with Crippen LogP contribution in [0.2, 0.25) is 0 Å². The van der Waals surface area contributed by atoms with E-state index < -0.39 is 7.26 Å². The predicted molar refractivity (Wildman–Crippen MR) is 154 cm³/mol. The number of hydrogen-bond acceptors (Lipinski definition) is 3. The van der Waals surface area contributed by atoms with E-state index in [4.69, 9.17) is 4.99 Å². The Morgan fingerprint density at radius 3 is 1.23 bits per heavy atom. The van der Waals surface area contributed by atoms with E-state index in [9.17, 15) is 0 Å². The minimum atomic E-state index is -2.32. The zero-order valence-electron chi connectivity index (χ0n) is 20.9. The quantitative estimate of drug-likeness (QED) is 0.240. The van der Waals surface area contributed by atoms with Gasteiger partial charge >= 0.3 is 0 Å². The first-order valence-electron chi connectivity index (χ1n) is 11.8. The Labute approximate surface area is 210 Å². The van der Waals surface area contributed by atoms with Crippen LogP contribution >= 0.6 is 7.26 Å². The van der Waals surface area contributed by atoms with Gasteiger partial charge in [-0.3, -0.25) is 4.99 Å². The predicted octanol–water partition coefficient (Wildman–Crippen LogP) is 5.68. The maximum Gasteiger partial charge on any atom is 0.168 e. The number of rotatable bonds is 8. The standard InChI is InChI=1S/C31H33N3P/c1-33(2)31(34(3)4)30(25-32-26-17-9-5-10-18-26)35(27-19-11-6-12-20-27,28-21-13-7-14-22-28)29-23-15-8-16-24-29/h5-25H,1-4H3/q+1. The van der Waals surface area contributed by atoms with Crippen molar-refractivity contribution in [3.63, 3.8) is 0 Å². The summed E-state index contributed by atoms with van der Waals surface area (Å²) in [6.45, 7) is 0. The molecule has 176 valence electrons. The second-order valence-corrected chi connectivity index (χ2v) is 12.1. The summed E-state index contributed by atoms with van der Waals surface area (Å²) in [5.74, 6) is 1.13. The zero-order chi connectivity index (χ0) is 24.7. The van der Waals surface area contributed by atoms with Crippen LogP contribution < -0.4 is 15.9 Å². The van der Waals surface area contributed by atoms with Crippen LogP contribution in [0, 0.1) is 0 Å². The van der Waals surface area contributed by atoms with Crippen LogP contribution in [0.25, 0.3) is 0 Å². The Kier molecular flexibility index (Phi) is 7.80. The van der Waals surface area contributed by atoms with Crippen LogP contribution in [-0.2, 0) is 0 Å². The maximum atomic E-state index is 5.03. The normalized spacial score (nSPS) is 11.3. The average Bonchev–Trinajstić information content (AvgIpc) is 2.89. The Hall–Kier alpha value is -3.68. The number of para-hydroxylation sites is 1. The van der Waals surface area contributed by atoms with Crippen LogP contribution in [0.3, 0.4) is 0 Å². The van der Waals surface area contributed by atoms with Crippen LogP contribution in [0.4, 0.5) is 5.69 Å². The Bertz CT molecular complexity index is 1160. The maximum absolute atomic E-state index is 5.03. The first-order valence-corrected chi connectivity index (χ1v) is 13.6. The lowest BCUT2D eigenvalue weighted by atomic mass is 10.3. The van der Waals surface area contributed by atoms with Gasteiger partial charge in [0.25, 0.3) is 0 Å². The SMILES string of the molecule is CN(C)C(=C(C=Nc1ccccc1)[P+](c1ccccc1)(c1ccccc1)c1ccccc1)N(C)C. The zero-order valence-corrected chi connectivity index (χ0v) is 21.8. The smallest absolute Gasteiger partial charge is 0.168 e. The van der Waals surface area contributed by atoms with Gasteiger partial charge in [0.2, 0.25) is 0 Å². The molecule has 3 nitrogen and oxygen atoms in total. The van der Waals surface area contributed by atoms with E-state index in [0.29, 0.717) is 0 Å². The van der Waals surface area contributed by atoms with Crippen molar-refractivity contribution in [3.05, 3.63) is 132 Å². The molecule has 0 amide bonds. The molecule has 0 saturated carbocycles. The molecule has 0 atom stereocenters. The van der Waals surface area contributed by atoms with Gasteiger partial charge in [0.1, 0.15) is 29.0 Å². The lowest BCUT2D eigenvalue weighted by Crippen LogP contribution is -2.37. The molecule has 0 spiro atoms. The molecule has 4 heteroatoms. The van der Waals surface area contributed by atoms with E-state index in [0.717, 1.165) is 11.5 Å². The lowest BCUT2D eigenvalue weighted by molar-refractivity contribution is 0.342. The highest BCUT2D eigenvalue weighted by Crippen LogP contribution is 2.63. The summed E-state index contributed by atoms with van der Waals surface area (Å²) < 4.78 is 0. The number of nitrogens with zero attached hydrogens (tertiary/aromatic N) is 3. The monoisotopic (exact) mass is 478 g/mol. The topological polar surface area (TPSA) is 18.8 Å². The van der Waals surface area contributed by atoms with Crippen molar-refractivity contribution in [1.29, 1.82) is 0 Å². The summed E-state index contributed by atoms with van der Waals surface area (Å²) in [5, 5.41) is 5.11. The molecule has 0 aliphatic heterocycles. The molecule has 0 bridgehead atoms. The number of allylic oxidation sites excluding steroid dienone is 1. The molecule has 4 aromatic rings. The third-order valence-electron chi connectivity index (χ3n) is 5.96. The minimum absolute atomic E-state index is 0.939. The van der Waals surface area contributed by atoms with Gasteiger partial charge in [0, 0.05) is 28.2 Å². The lowest BCUT2D eigenvalue weighted by Gasteiger charge is -2.33. The largest absolute Gasteiger partial charge is 0.361 e. The molecule has 35 heavy (non-hydrogen) atoms. The second kappa shape index (κ2) is 11.2. The van der Waals surface area contributed by atoms with Gasteiger partial charge in [-0.2, -0.15) is 0 Å². The fourth-order valence-corrected chi connectivity index (χ4v) is 9.14. The fraction of sp³-hybridized carbons (Fsp3) is 0.129. The number of benzene rings is 4. The first kappa shape index (κ1) is 24.4. The molecule has 0 radical (unpaired) electrons. The summed E-state index contributed by atoms with van der Waals surface area (Å²) in [6.07, 6.45) is 2.10. The molecule has 0 N–H and O–H groups in total. The van der Waals surface area contributed by atoms with Crippen molar-refractivity contribution >= 4 is 35.1 Å². The van der Waals surface area contributed by atoms with Gasteiger partial charge in [0.05, 0.1) is 11.9 Å². The molecule has 0 saturated heterocycles. The van der Waals surface area contributed by atoms with Gasteiger partial charge in [0.15, 0.2) is 5.31 Å². The van der Waals surface area contributed by atoms with Crippen molar-refractivity contribution in [2.24, 2.45) is 4.99 Å². The van der Waals surface area contributed by atoms with E-state index >= 15 is 0 Å².